The average molecular weight is 541 g/mol. The van der Waals surface area contributed by atoms with Gasteiger partial charge in [-0.15, -0.1) is 0 Å². The highest BCUT2D eigenvalue weighted by atomic mass is 16.5. The van der Waals surface area contributed by atoms with E-state index in [0.29, 0.717) is 0 Å². The van der Waals surface area contributed by atoms with Crippen LogP contribution in [0.15, 0.2) is 131 Å². The fraction of sp³-hybridized carbons (Fsp3) is 0.297. The first kappa shape index (κ1) is 25.8. The highest BCUT2D eigenvalue weighted by Gasteiger charge is 2.52. The summed E-state index contributed by atoms with van der Waals surface area (Å²) in [5.74, 6) is 1.59. The van der Waals surface area contributed by atoms with Gasteiger partial charge in [0, 0.05) is 0 Å². The molecule has 1 aliphatic carbocycles. The molecule has 0 radical (unpaired) electrons. The summed E-state index contributed by atoms with van der Waals surface area (Å²) in [5.41, 5.74) is 4.13. The second-order valence-corrected chi connectivity index (χ2v) is 11.5. The van der Waals surface area contributed by atoms with Crippen LogP contribution in [0.1, 0.15) is 85.1 Å². The van der Waals surface area contributed by atoms with Gasteiger partial charge in [0.15, 0.2) is 12.2 Å². The summed E-state index contributed by atoms with van der Waals surface area (Å²) in [5, 5.41) is 0. The van der Waals surface area contributed by atoms with Crippen molar-refractivity contribution in [1.82, 2.24) is 0 Å². The van der Waals surface area contributed by atoms with Crippen LogP contribution < -0.4 is 0 Å². The van der Waals surface area contributed by atoms with Gasteiger partial charge in [-0.3, -0.25) is 0 Å². The second kappa shape index (κ2) is 11.4. The predicted molar refractivity (Wildman–Crippen MR) is 164 cm³/mol. The highest BCUT2D eigenvalue weighted by molar-refractivity contribution is 6.06. The van der Waals surface area contributed by atoms with Crippen molar-refractivity contribution < 1.29 is 9.47 Å². The third-order valence-electron chi connectivity index (χ3n) is 8.88. The fourth-order valence-corrected chi connectivity index (χ4v) is 6.73. The molecule has 4 heteroatoms. The Balaban J connectivity index is 1.33. The van der Waals surface area contributed by atoms with Gasteiger partial charge in [0.2, 0.25) is 11.8 Å². The molecule has 0 saturated heterocycles. The molecule has 4 nitrogen and oxygen atoms in total. The van der Waals surface area contributed by atoms with Gasteiger partial charge in [0.05, 0.1) is 0 Å². The van der Waals surface area contributed by atoms with Crippen LogP contribution in [-0.2, 0) is 9.47 Å². The minimum absolute atomic E-state index is 0.120. The van der Waals surface area contributed by atoms with Gasteiger partial charge in [-0.25, -0.2) is 9.98 Å². The summed E-state index contributed by atoms with van der Waals surface area (Å²) in [6, 6.07) is 41.9. The summed E-state index contributed by atoms with van der Waals surface area (Å²) in [4.78, 5) is 10.9. The lowest BCUT2D eigenvalue weighted by Crippen LogP contribution is -2.40. The van der Waals surface area contributed by atoms with E-state index in [-0.39, 0.29) is 24.3 Å². The molecule has 4 atom stereocenters. The highest BCUT2D eigenvalue weighted by Crippen LogP contribution is 2.52. The molecule has 0 bridgehead atoms. The number of hydrogen-bond acceptors (Lipinski definition) is 4. The Morgan fingerprint density at radius 3 is 1.15 bits per heavy atom. The van der Waals surface area contributed by atoms with Crippen LogP contribution in [0.25, 0.3) is 0 Å². The van der Waals surface area contributed by atoms with Gasteiger partial charge >= 0.3 is 0 Å². The Morgan fingerprint density at radius 2 is 0.780 bits per heavy atom. The molecule has 3 aliphatic rings. The summed E-state index contributed by atoms with van der Waals surface area (Å²) in [7, 11) is 0. The quantitative estimate of drug-likeness (QED) is 0.229. The van der Waals surface area contributed by atoms with Gasteiger partial charge < -0.3 is 9.47 Å². The summed E-state index contributed by atoms with van der Waals surface area (Å²) in [6.45, 7) is 0. The van der Waals surface area contributed by atoms with E-state index in [1.54, 1.807) is 0 Å². The van der Waals surface area contributed by atoms with Gasteiger partial charge in [0.1, 0.15) is 17.5 Å². The number of ether oxygens (including phenoxy) is 2. The van der Waals surface area contributed by atoms with Crippen LogP contribution in [0.3, 0.4) is 0 Å². The smallest absolute Gasteiger partial charge is 0.200 e. The van der Waals surface area contributed by atoms with Crippen molar-refractivity contribution in [2.75, 3.05) is 0 Å². The van der Waals surface area contributed by atoms with Crippen LogP contribution in [0.2, 0.25) is 0 Å². The normalized spacial score (nSPS) is 25.4. The third-order valence-corrected chi connectivity index (χ3v) is 8.88. The molecule has 0 N–H and O–H groups in total. The SMILES string of the molecule is c1ccc([C@H]2OC(C3(C4=N[C@@H](c5ccccc5)[C@@H](c5ccccc5)O4)CCCCCC3)=N[C@H]2c2ccccc2)cc1. The van der Waals surface area contributed by atoms with E-state index < -0.39 is 5.41 Å². The molecular weight excluding hydrogens is 504 g/mol. The van der Waals surface area contributed by atoms with Crippen LogP contribution in [0, 0.1) is 5.41 Å². The van der Waals surface area contributed by atoms with Crippen molar-refractivity contribution in [3.05, 3.63) is 144 Å². The Hall–Kier alpha value is -4.18. The molecular formula is C37H36N2O2. The molecule has 2 heterocycles. The van der Waals surface area contributed by atoms with Gasteiger partial charge in [-0.2, -0.15) is 0 Å². The van der Waals surface area contributed by atoms with Crippen LogP contribution in [-0.4, -0.2) is 11.8 Å². The minimum atomic E-state index is -0.483. The van der Waals surface area contributed by atoms with Crippen molar-refractivity contribution in [3.8, 4) is 0 Å². The molecule has 1 saturated carbocycles. The van der Waals surface area contributed by atoms with Crippen molar-refractivity contribution in [2.45, 2.75) is 62.8 Å². The molecule has 0 spiro atoms. The van der Waals surface area contributed by atoms with Crippen molar-refractivity contribution >= 4 is 11.8 Å². The van der Waals surface area contributed by atoms with E-state index in [0.717, 1.165) is 48.6 Å². The summed E-state index contributed by atoms with van der Waals surface area (Å²) < 4.78 is 14.0. The number of rotatable bonds is 6. The number of benzene rings is 4. The lowest BCUT2D eigenvalue weighted by Gasteiger charge is -2.32. The Labute approximate surface area is 242 Å². The number of aliphatic imine (C=N–C) groups is 2. The van der Waals surface area contributed by atoms with E-state index in [2.05, 4.69) is 121 Å². The molecule has 0 amide bonds. The van der Waals surface area contributed by atoms with E-state index in [4.69, 9.17) is 19.5 Å². The zero-order valence-electron chi connectivity index (χ0n) is 23.3. The Bertz CT molecular complexity index is 1390. The van der Waals surface area contributed by atoms with E-state index in [1.807, 2.05) is 0 Å². The molecule has 1 fully saturated rings. The van der Waals surface area contributed by atoms with Gasteiger partial charge in [0.25, 0.3) is 0 Å². The second-order valence-electron chi connectivity index (χ2n) is 11.5. The molecule has 41 heavy (non-hydrogen) atoms. The first-order valence-corrected chi connectivity index (χ1v) is 15.0. The molecule has 4 aromatic carbocycles. The summed E-state index contributed by atoms with van der Waals surface area (Å²) in [6.07, 6.45) is 6.09. The topological polar surface area (TPSA) is 43.2 Å². The first-order chi connectivity index (χ1) is 20.3. The monoisotopic (exact) mass is 540 g/mol. The molecule has 7 rings (SSSR count). The van der Waals surface area contributed by atoms with Crippen molar-refractivity contribution in [1.29, 1.82) is 0 Å². The Morgan fingerprint density at radius 1 is 0.439 bits per heavy atom. The van der Waals surface area contributed by atoms with Crippen LogP contribution >= 0.6 is 0 Å². The average Bonchev–Trinajstić information content (AvgIpc) is 3.63. The summed E-state index contributed by atoms with van der Waals surface area (Å²) >= 11 is 0. The van der Waals surface area contributed by atoms with E-state index in [9.17, 15) is 0 Å². The lowest BCUT2D eigenvalue weighted by atomic mass is 9.79. The van der Waals surface area contributed by atoms with Crippen LogP contribution in [0.4, 0.5) is 0 Å². The maximum Gasteiger partial charge on any atom is 0.200 e. The van der Waals surface area contributed by atoms with Gasteiger partial charge in [-0.1, -0.05) is 147 Å². The molecule has 4 aromatic rings. The zero-order valence-corrected chi connectivity index (χ0v) is 23.3. The Kier molecular flexibility index (Phi) is 7.14. The zero-order chi connectivity index (χ0) is 27.5. The van der Waals surface area contributed by atoms with Gasteiger partial charge in [-0.05, 0) is 35.1 Å². The molecule has 2 aliphatic heterocycles. The van der Waals surface area contributed by atoms with E-state index in [1.165, 1.54) is 24.0 Å². The number of nitrogens with zero attached hydrogens (tertiary/aromatic N) is 2. The third kappa shape index (κ3) is 4.97. The predicted octanol–water partition coefficient (Wildman–Crippen LogP) is 9.15. The standard InChI is InChI=1S/C37H36N2O2/c1-2-16-26-37(25-15-1,35-38-31(27-17-7-3-8-18-27)33(40-35)29-21-11-5-12-22-29)36-39-32(28-19-9-4-10-20-28)34(41-36)30-23-13-6-14-24-30/h3-14,17-24,31-34H,1-2,15-16,25-26H2/t31-,32-,33+,34+/m0/s1. The largest absolute Gasteiger partial charge is 0.469 e. The van der Waals surface area contributed by atoms with E-state index >= 15 is 0 Å². The minimum Gasteiger partial charge on any atom is -0.469 e. The maximum atomic E-state index is 7.00. The van der Waals surface area contributed by atoms with Crippen LogP contribution in [0.5, 0.6) is 0 Å². The number of hydrogen-bond donors (Lipinski definition) is 0. The van der Waals surface area contributed by atoms with Crippen molar-refractivity contribution in [3.63, 3.8) is 0 Å². The van der Waals surface area contributed by atoms with Crippen molar-refractivity contribution in [2.24, 2.45) is 15.4 Å². The molecule has 206 valence electrons. The molecule has 0 aromatic heterocycles. The maximum absolute atomic E-state index is 7.00. The first-order valence-electron chi connectivity index (χ1n) is 15.0. The lowest BCUT2D eigenvalue weighted by molar-refractivity contribution is 0.150. The molecule has 0 unspecified atom stereocenters. The fourth-order valence-electron chi connectivity index (χ4n) is 6.73.